The summed E-state index contributed by atoms with van der Waals surface area (Å²) in [6.45, 7) is 8.79. The summed E-state index contributed by atoms with van der Waals surface area (Å²) < 4.78 is 10.3. The molecule has 2 atom stereocenters. The van der Waals surface area contributed by atoms with Crippen LogP contribution in [0, 0.1) is 5.92 Å². The molecule has 0 radical (unpaired) electrons. The van der Waals surface area contributed by atoms with Gasteiger partial charge in [0.25, 0.3) is 5.78 Å². The summed E-state index contributed by atoms with van der Waals surface area (Å²) in [6, 6.07) is 7.22. The lowest BCUT2D eigenvalue weighted by atomic mass is 10.00. The number of esters is 1. The first-order valence-electron chi connectivity index (χ1n) is 9.61. The van der Waals surface area contributed by atoms with Gasteiger partial charge in [0.1, 0.15) is 11.6 Å². The van der Waals surface area contributed by atoms with Gasteiger partial charge in [-0.15, -0.1) is 0 Å². The Hall–Kier alpha value is -2.57. The number of ether oxygens (including phenoxy) is 2. The Morgan fingerprint density at radius 2 is 1.89 bits per heavy atom. The van der Waals surface area contributed by atoms with E-state index in [1.807, 2.05) is 18.2 Å². The number of para-hydroxylation sites is 1. The van der Waals surface area contributed by atoms with E-state index in [2.05, 4.69) is 16.7 Å². The molecule has 154 valence electrons. The minimum Gasteiger partial charge on any atom is -0.460 e. The molecule has 1 heterocycles. The minimum absolute atomic E-state index is 0.132. The van der Waals surface area contributed by atoms with Gasteiger partial charge >= 0.3 is 12.1 Å². The fourth-order valence-electron chi connectivity index (χ4n) is 3.01. The quantitative estimate of drug-likeness (QED) is 0.549. The van der Waals surface area contributed by atoms with E-state index in [1.54, 1.807) is 34.6 Å². The van der Waals surface area contributed by atoms with Crippen molar-refractivity contribution >= 4 is 23.5 Å². The van der Waals surface area contributed by atoms with Gasteiger partial charge in [0.05, 0.1) is 6.61 Å². The summed E-state index contributed by atoms with van der Waals surface area (Å²) in [7, 11) is 0. The van der Waals surface area contributed by atoms with Crippen LogP contribution < -0.4 is 10.6 Å². The van der Waals surface area contributed by atoms with Crippen molar-refractivity contribution in [3.63, 3.8) is 0 Å². The molecule has 2 unspecified atom stereocenters. The Labute approximate surface area is 166 Å². The smallest absolute Gasteiger partial charge is 0.408 e. The van der Waals surface area contributed by atoms with Gasteiger partial charge in [-0.3, -0.25) is 4.79 Å². The number of nitrogens with one attached hydrogen (secondary N) is 2. The number of fused-ring (bicyclic) bond motifs is 1. The van der Waals surface area contributed by atoms with Crippen LogP contribution in [0.4, 0.5) is 10.5 Å². The fourth-order valence-corrected chi connectivity index (χ4v) is 3.01. The maximum Gasteiger partial charge on any atom is 0.408 e. The number of hydrogen-bond donors (Lipinski definition) is 2. The van der Waals surface area contributed by atoms with Crippen LogP contribution in [0.2, 0.25) is 0 Å². The van der Waals surface area contributed by atoms with E-state index >= 15 is 0 Å². The summed E-state index contributed by atoms with van der Waals surface area (Å²) in [5.74, 6) is -1.99. The van der Waals surface area contributed by atoms with Crippen LogP contribution in [0.5, 0.6) is 0 Å². The lowest BCUT2D eigenvalue weighted by Crippen LogP contribution is -2.49. The number of rotatable bonds is 7. The van der Waals surface area contributed by atoms with Crippen molar-refractivity contribution in [3.05, 3.63) is 29.8 Å². The molecule has 1 amide bonds. The number of alkyl carbamates (subject to hydrolysis) is 1. The topological polar surface area (TPSA) is 93.7 Å². The first-order chi connectivity index (χ1) is 13.1. The number of amides is 1. The number of carbonyl (C=O) groups is 3. The highest BCUT2D eigenvalue weighted by Crippen LogP contribution is 2.26. The third-order valence-electron chi connectivity index (χ3n) is 4.37. The van der Waals surface area contributed by atoms with Crippen LogP contribution in [0.25, 0.3) is 0 Å². The van der Waals surface area contributed by atoms with Crippen LogP contribution >= 0.6 is 0 Å². The molecule has 1 aromatic carbocycles. The molecular weight excluding hydrogens is 360 g/mol. The summed E-state index contributed by atoms with van der Waals surface area (Å²) in [5, 5.41) is 5.85. The molecule has 0 saturated heterocycles. The van der Waals surface area contributed by atoms with Crippen molar-refractivity contribution in [1.82, 2.24) is 5.32 Å². The predicted octanol–water partition coefficient (Wildman–Crippen LogP) is 3.07. The molecule has 2 N–H and O–H groups in total. The molecular formula is C21H30N2O5. The Kier molecular flexibility index (Phi) is 7.05. The standard InChI is InChI=1S/C21H30N2O5/c1-13(2)17(23-20(26)28-21(3,4)5)18(24)19(25)27-11-10-15-12-14-8-6-7-9-16(14)22-15/h6-9,13,15,17,22H,10-12H2,1-5H3,(H,23,26). The molecule has 7 nitrogen and oxygen atoms in total. The van der Waals surface area contributed by atoms with Gasteiger partial charge in [0.2, 0.25) is 0 Å². The first kappa shape index (κ1) is 21.7. The van der Waals surface area contributed by atoms with E-state index in [4.69, 9.17) is 9.47 Å². The first-order valence-corrected chi connectivity index (χ1v) is 9.61. The van der Waals surface area contributed by atoms with Crippen molar-refractivity contribution in [2.24, 2.45) is 5.92 Å². The van der Waals surface area contributed by atoms with Gasteiger partial charge < -0.3 is 20.1 Å². The number of anilines is 1. The highest BCUT2D eigenvalue weighted by atomic mass is 16.6. The molecule has 1 aliphatic rings. The number of hydrogen-bond acceptors (Lipinski definition) is 6. The van der Waals surface area contributed by atoms with Gasteiger partial charge in [-0.2, -0.15) is 0 Å². The van der Waals surface area contributed by atoms with Crippen molar-refractivity contribution < 1.29 is 23.9 Å². The summed E-state index contributed by atoms with van der Waals surface area (Å²) in [6.07, 6.45) is 0.719. The van der Waals surface area contributed by atoms with Gasteiger partial charge in [-0.1, -0.05) is 32.0 Å². The summed E-state index contributed by atoms with van der Waals surface area (Å²) >= 11 is 0. The lowest BCUT2D eigenvalue weighted by molar-refractivity contribution is -0.155. The van der Waals surface area contributed by atoms with E-state index in [1.165, 1.54) is 5.56 Å². The van der Waals surface area contributed by atoms with Crippen molar-refractivity contribution in [2.45, 2.75) is 65.1 Å². The Balaban J connectivity index is 1.81. The molecule has 0 fully saturated rings. The average molecular weight is 390 g/mol. The Morgan fingerprint density at radius 3 is 2.50 bits per heavy atom. The molecule has 0 aromatic heterocycles. The number of ketones is 1. The number of carbonyl (C=O) groups excluding carboxylic acids is 3. The molecule has 1 aromatic rings. The van der Waals surface area contributed by atoms with E-state index in [9.17, 15) is 14.4 Å². The van der Waals surface area contributed by atoms with Gasteiger partial charge in [0, 0.05) is 18.2 Å². The van der Waals surface area contributed by atoms with E-state index < -0.39 is 29.5 Å². The second-order valence-electron chi connectivity index (χ2n) is 8.36. The lowest BCUT2D eigenvalue weighted by Gasteiger charge is -2.24. The fraction of sp³-hybridized carbons (Fsp3) is 0.571. The second kappa shape index (κ2) is 9.08. The second-order valence-corrected chi connectivity index (χ2v) is 8.36. The average Bonchev–Trinajstić information content (AvgIpc) is 2.99. The molecule has 0 saturated carbocycles. The molecule has 7 heteroatoms. The minimum atomic E-state index is -0.990. The molecule has 0 spiro atoms. The highest BCUT2D eigenvalue weighted by molar-refractivity contribution is 6.36. The summed E-state index contributed by atoms with van der Waals surface area (Å²) in [5.41, 5.74) is 1.63. The van der Waals surface area contributed by atoms with Gasteiger partial charge in [-0.25, -0.2) is 9.59 Å². The SMILES string of the molecule is CC(C)C(NC(=O)OC(C)(C)C)C(=O)C(=O)OCCC1Cc2ccccc2N1. The summed E-state index contributed by atoms with van der Waals surface area (Å²) in [4.78, 5) is 36.5. The Bertz CT molecular complexity index is 699. The zero-order valence-corrected chi connectivity index (χ0v) is 17.2. The van der Waals surface area contributed by atoms with Crippen LogP contribution in [0.3, 0.4) is 0 Å². The third kappa shape index (κ3) is 6.25. The maximum absolute atomic E-state index is 12.4. The molecule has 28 heavy (non-hydrogen) atoms. The molecule has 0 bridgehead atoms. The van der Waals surface area contributed by atoms with Crippen molar-refractivity contribution in [2.75, 3.05) is 11.9 Å². The molecule has 0 aliphatic carbocycles. The maximum atomic E-state index is 12.4. The largest absolute Gasteiger partial charge is 0.460 e. The Morgan fingerprint density at radius 1 is 1.21 bits per heavy atom. The van der Waals surface area contributed by atoms with Gasteiger partial charge in [-0.05, 0) is 44.7 Å². The monoisotopic (exact) mass is 390 g/mol. The van der Waals surface area contributed by atoms with Crippen LogP contribution in [-0.2, 0) is 25.5 Å². The van der Waals surface area contributed by atoms with E-state index in [-0.39, 0.29) is 18.6 Å². The van der Waals surface area contributed by atoms with Crippen LogP contribution in [-0.4, -0.2) is 42.1 Å². The van der Waals surface area contributed by atoms with Gasteiger partial charge in [0.15, 0.2) is 0 Å². The van der Waals surface area contributed by atoms with Crippen molar-refractivity contribution in [3.8, 4) is 0 Å². The highest BCUT2D eigenvalue weighted by Gasteiger charge is 2.32. The number of benzene rings is 1. The van der Waals surface area contributed by atoms with E-state index in [0.29, 0.717) is 6.42 Å². The normalized spacial score (nSPS) is 16.7. The zero-order chi connectivity index (χ0) is 20.9. The van der Waals surface area contributed by atoms with Crippen molar-refractivity contribution in [1.29, 1.82) is 0 Å². The van der Waals surface area contributed by atoms with Crippen LogP contribution in [0.15, 0.2) is 24.3 Å². The predicted molar refractivity (Wildman–Crippen MR) is 106 cm³/mol. The zero-order valence-electron chi connectivity index (χ0n) is 17.2. The van der Waals surface area contributed by atoms with E-state index in [0.717, 1.165) is 12.1 Å². The third-order valence-corrected chi connectivity index (χ3v) is 4.37. The number of Topliss-reactive ketones (excluding diaryl/α,β-unsaturated/α-hetero) is 1. The molecule has 2 rings (SSSR count). The van der Waals surface area contributed by atoms with Crippen LogP contribution in [0.1, 0.15) is 46.6 Å². The molecule has 1 aliphatic heterocycles.